The van der Waals surface area contributed by atoms with Crippen LogP contribution in [0.5, 0.6) is 0 Å². The molecule has 0 amide bonds. The monoisotopic (exact) mass is 380 g/mol. The van der Waals surface area contributed by atoms with Gasteiger partial charge in [-0.25, -0.2) is 4.68 Å². The molecule has 4 nitrogen and oxygen atoms in total. The fraction of sp³-hybridized carbons (Fsp3) is 0.167. The van der Waals surface area contributed by atoms with E-state index in [9.17, 15) is 18.0 Å². The zero-order chi connectivity index (χ0) is 15.6. The van der Waals surface area contributed by atoms with Gasteiger partial charge in [-0.05, 0) is 28.1 Å². The van der Waals surface area contributed by atoms with E-state index in [0.717, 1.165) is 22.5 Å². The van der Waals surface area contributed by atoms with Crippen molar-refractivity contribution in [3.63, 3.8) is 0 Å². The van der Waals surface area contributed by atoms with E-state index in [2.05, 4.69) is 21.0 Å². The van der Waals surface area contributed by atoms with Crippen LogP contribution in [-0.2, 0) is 11.0 Å². The van der Waals surface area contributed by atoms with Crippen molar-refractivity contribution in [3.8, 4) is 5.69 Å². The van der Waals surface area contributed by atoms with Gasteiger partial charge < -0.3 is 5.11 Å². The highest BCUT2D eigenvalue weighted by molar-refractivity contribution is 9.10. The Hall–Kier alpha value is -1.48. The maximum atomic E-state index is 12.8. The molecule has 9 heteroatoms. The molecule has 1 aromatic carbocycles. The lowest BCUT2D eigenvalue weighted by Crippen LogP contribution is -2.07. The minimum absolute atomic E-state index is 0.108. The number of benzene rings is 1. The average Bonchev–Trinajstić information content (AvgIpc) is 2.80. The van der Waals surface area contributed by atoms with E-state index in [-0.39, 0.29) is 10.8 Å². The van der Waals surface area contributed by atoms with E-state index >= 15 is 0 Å². The molecule has 0 saturated carbocycles. The second-order valence-electron chi connectivity index (χ2n) is 3.91. The van der Waals surface area contributed by atoms with Gasteiger partial charge >= 0.3 is 12.1 Å². The summed E-state index contributed by atoms with van der Waals surface area (Å²) in [6, 6.07) is 7.46. The zero-order valence-electron chi connectivity index (χ0n) is 10.3. The predicted molar refractivity (Wildman–Crippen MR) is 74.6 cm³/mol. The lowest BCUT2D eigenvalue weighted by atomic mass is 10.3. The number of para-hydroxylation sites is 1. The molecule has 1 aromatic heterocycles. The first-order valence-electron chi connectivity index (χ1n) is 5.56. The van der Waals surface area contributed by atoms with Crippen molar-refractivity contribution in [2.24, 2.45) is 0 Å². The fourth-order valence-electron chi connectivity index (χ4n) is 1.54. The Morgan fingerprint density at radius 3 is 2.62 bits per heavy atom. The average molecular weight is 381 g/mol. The Morgan fingerprint density at radius 1 is 1.38 bits per heavy atom. The number of rotatable bonds is 4. The molecule has 1 N–H and O–H groups in total. The van der Waals surface area contributed by atoms with Gasteiger partial charge in [-0.2, -0.15) is 18.3 Å². The lowest BCUT2D eigenvalue weighted by molar-refractivity contribution is -0.141. The summed E-state index contributed by atoms with van der Waals surface area (Å²) in [6.45, 7) is 0. The number of thioether (sulfide) groups is 1. The van der Waals surface area contributed by atoms with Gasteiger partial charge in [0.25, 0.3) is 0 Å². The first-order valence-corrected chi connectivity index (χ1v) is 7.33. The number of aromatic nitrogens is 2. The van der Waals surface area contributed by atoms with E-state index in [0.29, 0.717) is 10.2 Å². The summed E-state index contributed by atoms with van der Waals surface area (Å²) >= 11 is 4.01. The number of hydrogen-bond acceptors (Lipinski definition) is 3. The molecule has 0 fully saturated rings. The molecule has 0 spiro atoms. The first kappa shape index (κ1) is 15.9. The highest BCUT2D eigenvalue weighted by atomic mass is 79.9. The van der Waals surface area contributed by atoms with Crippen molar-refractivity contribution < 1.29 is 23.1 Å². The van der Waals surface area contributed by atoms with Crippen molar-refractivity contribution in [2.45, 2.75) is 11.2 Å². The number of carbonyl (C=O) groups is 1. The van der Waals surface area contributed by atoms with Crippen LogP contribution in [0.3, 0.4) is 0 Å². The van der Waals surface area contributed by atoms with Crippen LogP contribution in [-0.4, -0.2) is 26.6 Å². The minimum atomic E-state index is -4.59. The summed E-state index contributed by atoms with van der Waals surface area (Å²) in [5.41, 5.74) is -0.660. The summed E-state index contributed by atoms with van der Waals surface area (Å²) in [5, 5.41) is 12.3. The summed E-state index contributed by atoms with van der Waals surface area (Å²) in [5.74, 6) is -1.47. The molecule has 21 heavy (non-hydrogen) atoms. The molecule has 0 aliphatic heterocycles. The van der Waals surface area contributed by atoms with Crippen LogP contribution < -0.4 is 0 Å². The molecular weight excluding hydrogens is 373 g/mol. The first-order chi connectivity index (χ1) is 9.79. The van der Waals surface area contributed by atoms with Crippen LogP contribution in [0.15, 0.2) is 39.8 Å². The van der Waals surface area contributed by atoms with Crippen LogP contribution in [0.25, 0.3) is 5.69 Å². The quantitative estimate of drug-likeness (QED) is 0.818. The molecule has 112 valence electrons. The van der Waals surface area contributed by atoms with Crippen molar-refractivity contribution >= 4 is 33.7 Å². The molecule has 2 rings (SSSR count). The van der Waals surface area contributed by atoms with Gasteiger partial charge in [-0.3, -0.25) is 4.79 Å². The predicted octanol–water partition coefficient (Wildman–Crippen LogP) is 3.83. The summed E-state index contributed by atoms with van der Waals surface area (Å²) in [6.07, 6.45) is -4.59. The number of alkyl halides is 3. The third-order valence-electron chi connectivity index (χ3n) is 2.39. The minimum Gasteiger partial charge on any atom is -0.481 e. The second-order valence-corrected chi connectivity index (χ2v) is 5.76. The van der Waals surface area contributed by atoms with Crippen LogP contribution >= 0.6 is 27.7 Å². The van der Waals surface area contributed by atoms with Crippen LogP contribution in [0.2, 0.25) is 0 Å². The zero-order valence-corrected chi connectivity index (χ0v) is 12.7. The Balaban J connectivity index is 2.49. The highest BCUT2D eigenvalue weighted by Crippen LogP contribution is 2.34. The molecule has 0 saturated heterocycles. The number of nitrogens with zero attached hydrogens (tertiary/aromatic N) is 2. The van der Waals surface area contributed by atoms with Gasteiger partial charge in [0.2, 0.25) is 0 Å². The number of carboxylic acids is 1. The molecule has 0 radical (unpaired) electrons. The second kappa shape index (κ2) is 6.10. The number of hydrogen-bond donors (Lipinski definition) is 1. The Labute approximate surface area is 130 Å². The van der Waals surface area contributed by atoms with E-state index in [1.165, 1.54) is 0 Å². The van der Waals surface area contributed by atoms with Crippen LogP contribution in [0, 0.1) is 0 Å². The Bertz CT molecular complexity index is 673. The topological polar surface area (TPSA) is 55.1 Å². The molecule has 2 aromatic rings. The molecule has 0 aliphatic carbocycles. The van der Waals surface area contributed by atoms with Gasteiger partial charge in [0.15, 0.2) is 5.69 Å². The van der Waals surface area contributed by atoms with Crippen molar-refractivity contribution in [2.75, 3.05) is 5.75 Å². The standard InChI is InChI=1S/C12H8BrF3N2O2S/c13-7-3-1-2-4-8(7)18-10(21-6-11(19)20)5-9(17-18)12(14,15)16/h1-5H,6H2,(H,19,20). The van der Waals surface area contributed by atoms with Crippen molar-refractivity contribution in [1.82, 2.24) is 9.78 Å². The van der Waals surface area contributed by atoms with E-state index in [1.54, 1.807) is 24.3 Å². The van der Waals surface area contributed by atoms with Gasteiger partial charge in [-0.15, -0.1) is 0 Å². The lowest BCUT2D eigenvalue weighted by Gasteiger charge is -2.08. The maximum absolute atomic E-state index is 12.8. The SMILES string of the molecule is O=C(O)CSc1cc(C(F)(F)F)nn1-c1ccccc1Br. The van der Waals surface area contributed by atoms with Crippen LogP contribution in [0.4, 0.5) is 13.2 Å². The molecule has 0 aliphatic rings. The summed E-state index contributed by atoms with van der Waals surface area (Å²) in [4.78, 5) is 10.6. The van der Waals surface area contributed by atoms with E-state index in [4.69, 9.17) is 5.11 Å². The Kier molecular flexibility index (Phi) is 4.62. The molecule has 0 atom stereocenters. The van der Waals surface area contributed by atoms with Crippen molar-refractivity contribution in [1.29, 1.82) is 0 Å². The van der Waals surface area contributed by atoms with E-state index < -0.39 is 17.8 Å². The van der Waals surface area contributed by atoms with Gasteiger partial charge in [0.1, 0.15) is 5.03 Å². The Morgan fingerprint density at radius 2 is 2.05 bits per heavy atom. The molecule has 1 heterocycles. The number of carboxylic acid groups (broad SMARTS) is 1. The van der Waals surface area contributed by atoms with Gasteiger partial charge in [0.05, 0.1) is 11.4 Å². The van der Waals surface area contributed by atoms with Gasteiger partial charge in [-0.1, -0.05) is 23.9 Å². The highest BCUT2D eigenvalue weighted by Gasteiger charge is 2.35. The van der Waals surface area contributed by atoms with Crippen molar-refractivity contribution in [3.05, 3.63) is 40.5 Å². The normalized spacial score (nSPS) is 11.6. The fourth-order valence-corrected chi connectivity index (χ4v) is 2.72. The molecule has 0 unspecified atom stereocenters. The van der Waals surface area contributed by atoms with E-state index in [1.807, 2.05) is 0 Å². The third kappa shape index (κ3) is 3.79. The summed E-state index contributed by atoms with van der Waals surface area (Å²) in [7, 11) is 0. The molecular formula is C12H8BrF3N2O2S. The van der Waals surface area contributed by atoms with Crippen LogP contribution in [0.1, 0.15) is 5.69 Å². The molecule has 0 bridgehead atoms. The third-order valence-corrected chi connectivity index (χ3v) is 4.04. The smallest absolute Gasteiger partial charge is 0.435 e. The maximum Gasteiger partial charge on any atom is 0.435 e. The number of aliphatic carboxylic acids is 1. The number of halogens is 4. The van der Waals surface area contributed by atoms with Gasteiger partial charge in [0, 0.05) is 10.5 Å². The largest absolute Gasteiger partial charge is 0.481 e. The summed E-state index contributed by atoms with van der Waals surface area (Å²) < 4.78 is 40.0.